The Bertz CT molecular complexity index is 1280. The molecule has 1 aliphatic rings. The zero-order chi connectivity index (χ0) is 23.7. The second-order valence-electron chi connectivity index (χ2n) is 7.47. The minimum absolute atomic E-state index is 0.139. The molecule has 2 aromatic carbocycles. The first kappa shape index (κ1) is 22.4. The van der Waals surface area contributed by atoms with Gasteiger partial charge in [-0.2, -0.15) is 0 Å². The fourth-order valence-electron chi connectivity index (χ4n) is 3.81. The van der Waals surface area contributed by atoms with Gasteiger partial charge in [-0.3, -0.25) is 14.2 Å². The van der Waals surface area contributed by atoms with Gasteiger partial charge in [0.1, 0.15) is 0 Å². The first-order valence-electron chi connectivity index (χ1n) is 10.3. The topological polar surface area (TPSA) is 71.8 Å². The lowest BCUT2D eigenvalue weighted by molar-refractivity contribution is 0.0571. The first-order valence-corrected chi connectivity index (χ1v) is 10.3. The number of nitrogens with zero attached hydrogens (tertiary/aromatic N) is 3. The Balaban J connectivity index is 1.74. The number of amides is 2. The zero-order valence-electron chi connectivity index (χ0n) is 17.7. The van der Waals surface area contributed by atoms with Gasteiger partial charge in [-0.25, -0.2) is 18.0 Å². The number of rotatable bonds is 3. The van der Waals surface area contributed by atoms with E-state index < -0.39 is 35.0 Å². The van der Waals surface area contributed by atoms with E-state index in [9.17, 15) is 27.6 Å². The number of carbonyl (C=O) groups is 2. The van der Waals surface area contributed by atoms with Gasteiger partial charge in [-0.1, -0.05) is 18.2 Å². The lowest BCUT2D eigenvalue weighted by Crippen LogP contribution is -2.50. The third kappa shape index (κ3) is 4.15. The Kier molecular flexibility index (Phi) is 6.08. The van der Waals surface area contributed by atoms with E-state index in [0.717, 1.165) is 4.57 Å². The van der Waals surface area contributed by atoms with E-state index in [1.807, 2.05) is 0 Å². The van der Waals surface area contributed by atoms with Crippen LogP contribution in [0.15, 0.2) is 47.4 Å². The molecule has 4 rings (SSSR count). The van der Waals surface area contributed by atoms with E-state index >= 15 is 0 Å². The monoisotopic (exact) mass is 459 g/mol. The molecular weight excluding hydrogens is 439 g/mol. The van der Waals surface area contributed by atoms with Crippen molar-refractivity contribution in [1.82, 2.24) is 14.4 Å². The number of pyridine rings is 1. The number of ether oxygens (including phenoxy) is 1. The minimum atomic E-state index is -1.65. The molecule has 0 saturated carbocycles. The second kappa shape index (κ2) is 8.97. The van der Waals surface area contributed by atoms with Gasteiger partial charge in [-0.15, -0.1) is 0 Å². The second-order valence-corrected chi connectivity index (χ2v) is 7.47. The summed E-state index contributed by atoms with van der Waals surface area (Å²) < 4.78 is 47.0. The highest BCUT2D eigenvalue weighted by Crippen LogP contribution is 2.22. The van der Waals surface area contributed by atoms with Crippen molar-refractivity contribution in [2.75, 3.05) is 32.8 Å². The molecule has 0 radical (unpaired) electrons. The molecule has 1 aromatic heterocycles. The number of piperazine rings is 1. The smallest absolute Gasteiger partial charge is 0.409 e. The number of hydrogen-bond acceptors (Lipinski definition) is 4. The third-order valence-corrected chi connectivity index (χ3v) is 5.49. The molecular formula is C23H20F3N3O4. The SMILES string of the molecule is CCOC(=O)N1CCN(C(=O)c2cn(-c3cc(F)c(F)c(F)c3)c(=O)c3ccccc23)CC1. The molecule has 33 heavy (non-hydrogen) atoms. The Labute approximate surface area is 186 Å². The van der Waals surface area contributed by atoms with Crippen LogP contribution in [-0.2, 0) is 4.74 Å². The van der Waals surface area contributed by atoms with Crippen molar-refractivity contribution in [1.29, 1.82) is 0 Å². The van der Waals surface area contributed by atoms with Crippen molar-refractivity contribution in [3.8, 4) is 5.69 Å². The molecule has 7 nitrogen and oxygen atoms in total. The molecule has 0 aliphatic carbocycles. The summed E-state index contributed by atoms with van der Waals surface area (Å²) >= 11 is 0. The zero-order valence-corrected chi connectivity index (χ0v) is 17.7. The van der Waals surface area contributed by atoms with Crippen LogP contribution in [0.2, 0.25) is 0 Å². The van der Waals surface area contributed by atoms with E-state index in [2.05, 4.69) is 0 Å². The van der Waals surface area contributed by atoms with Gasteiger partial charge in [0.05, 0.1) is 17.9 Å². The number of fused-ring (bicyclic) bond motifs is 1. The Morgan fingerprint density at radius 3 is 2.12 bits per heavy atom. The normalized spacial score (nSPS) is 13.9. The van der Waals surface area contributed by atoms with Crippen LogP contribution in [0, 0.1) is 17.5 Å². The maximum atomic E-state index is 13.8. The predicted molar refractivity (Wildman–Crippen MR) is 114 cm³/mol. The summed E-state index contributed by atoms with van der Waals surface area (Å²) in [6, 6.07) is 7.77. The van der Waals surface area contributed by atoms with Crippen LogP contribution in [0.3, 0.4) is 0 Å². The summed E-state index contributed by atoms with van der Waals surface area (Å²) in [6.45, 7) is 2.98. The van der Waals surface area contributed by atoms with E-state index in [-0.39, 0.29) is 49.4 Å². The molecule has 2 amide bonds. The summed E-state index contributed by atoms with van der Waals surface area (Å²) in [5.74, 6) is -4.96. The molecule has 0 N–H and O–H groups in total. The summed E-state index contributed by atoms with van der Waals surface area (Å²) in [4.78, 5) is 41.3. The molecule has 10 heteroatoms. The molecule has 2 heterocycles. The number of aromatic nitrogens is 1. The first-order chi connectivity index (χ1) is 15.8. The summed E-state index contributed by atoms with van der Waals surface area (Å²) in [5, 5.41) is 0.540. The predicted octanol–water partition coefficient (Wildman–Crippen LogP) is 3.32. The fourth-order valence-corrected chi connectivity index (χ4v) is 3.81. The minimum Gasteiger partial charge on any atom is -0.450 e. The number of carbonyl (C=O) groups excluding carboxylic acids is 2. The highest BCUT2D eigenvalue weighted by Gasteiger charge is 2.27. The van der Waals surface area contributed by atoms with Crippen LogP contribution < -0.4 is 5.56 Å². The van der Waals surface area contributed by atoms with E-state index in [1.165, 1.54) is 22.1 Å². The van der Waals surface area contributed by atoms with Gasteiger partial charge in [0.15, 0.2) is 17.5 Å². The van der Waals surface area contributed by atoms with Crippen LogP contribution in [0.5, 0.6) is 0 Å². The quantitative estimate of drug-likeness (QED) is 0.564. The maximum Gasteiger partial charge on any atom is 0.409 e. The van der Waals surface area contributed by atoms with Gasteiger partial charge >= 0.3 is 6.09 Å². The van der Waals surface area contributed by atoms with Crippen molar-refractivity contribution in [3.63, 3.8) is 0 Å². The van der Waals surface area contributed by atoms with Crippen molar-refractivity contribution in [2.24, 2.45) is 0 Å². The summed E-state index contributed by atoms with van der Waals surface area (Å²) in [7, 11) is 0. The molecule has 0 unspecified atom stereocenters. The van der Waals surface area contributed by atoms with Gasteiger partial charge in [0, 0.05) is 55.3 Å². The van der Waals surface area contributed by atoms with Crippen LogP contribution >= 0.6 is 0 Å². The summed E-state index contributed by atoms with van der Waals surface area (Å²) in [6.07, 6.45) is 0.751. The molecule has 0 atom stereocenters. The Morgan fingerprint density at radius 2 is 1.52 bits per heavy atom. The highest BCUT2D eigenvalue weighted by molar-refractivity contribution is 6.06. The highest BCUT2D eigenvalue weighted by atomic mass is 19.2. The third-order valence-electron chi connectivity index (χ3n) is 5.49. The Morgan fingerprint density at radius 1 is 0.939 bits per heavy atom. The van der Waals surface area contributed by atoms with Gasteiger partial charge < -0.3 is 14.5 Å². The van der Waals surface area contributed by atoms with E-state index in [0.29, 0.717) is 17.5 Å². The molecule has 0 spiro atoms. The summed E-state index contributed by atoms with van der Waals surface area (Å²) in [5.41, 5.74) is -0.719. The number of halogens is 3. The molecule has 1 aliphatic heterocycles. The largest absolute Gasteiger partial charge is 0.450 e. The van der Waals surface area contributed by atoms with Crippen molar-refractivity contribution >= 4 is 22.8 Å². The molecule has 172 valence electrons. The Hall–Kier alpha value is -3.82. The standard InChI is InChI=1S/C23H20F3N3O4/c1-2-33-23(32)28-9-7-27(8-10-28)21(30)17-13-29(14-11-18(24)20(26)19(25)12-14)22(31)16-6-4-3-5-15(16)17/h3-6,11-13H,2,7-10H2,1H3. The molecule has 3 aromatic rings. The lowest BCUT2D eigenvalue weighted by atomic mass is 10.1. The van der Waals surface area contributed by atoms with E-state index in [4.69, 9.17) is 4.74 Å². The average molecular weight is 459 g/mol. The van der Waals surface area contributed by atoms with Crippen molar-refractivity contribution in [3.05, 3.63) is 76.0 Å². The van der Waals surface area contributed by atoms with Crippen molar-refractivity contribution in [2.45, 2.75) is 6.92 Å². The maximum absolute atomic E-state index is 13.8. The molecule has 1 fully saturated rings. The lowest BCUT2D eigenvalue weighted by Gasteiger charge is -2.34. The molecule has 0 bridgehead atoms. The fraction of sp³-hybridized carbons (Fsp3) is 0.261. The van der Waals surface area contributed by atoms with Crippen LogP contribution in [0.25, 0.3) is 16.5 Å². The van der Waals surface area contributed by atoms with Gasteiger partial charge in [0.25, 0.3) is 11.5 Å². The number of hydrogen-bond donors (Lipinski definition) is 0. The van der Waals surface area contributed by atoms with E-state index in [1.54, 1.807) is 25.1 Å². The molecule has 1 saturated heterocycles. The van der Waals surface area contributed by atoms with Crippen LogP contribution in [-0.4, -0.2) is 59.2 Å². The van der Waals surface area contributed by atoms with Gasteiger partial charge in [-0.05, 0) is 13.0 Å². The van der Waals surface area contributed by atoms with Gasteiger partial charge in [0.2, 0.25) is 0 Å². The van der Waals surface area contributed by atoms with Crippen LogP contribution in [0.1, 0.15) is 17.3 Å². The van der Waals surface area contributed by atoms with Crippen LogP contribution in [0.4, 0.5) is 18.0 Å². The van der Waals surface area contributed by atoms with Crippen molar-refractivity contribution < 1.29 is 27.5 Å². The average Bonchev–Trinajstić information content (AvgIpc) is 2.82. The number of benzene rings is 2.